The Morgan fingerprint density at radius 2 is 1.56 bits per heavy atom. The van der Waals surface area contributed by atoms with Crippen LogP contribution in [0.3, 0.4) is 0 Å². The third-order valence-electron chi connectivity index (χ3n) is 4.25. The molecule has 1 aromatic heterocycles. The summed E-state index contributed by atoms with van der Waals surface area (Å²) < 4.78 is 14.0. The van der Waals surface area contributed by atoms with E-state index in [1.165, 1.54) is 13.2 Å². The average Bonchev–Trinajstić information content (AvgIpc) is 3.14. The van der Waals surface area contributed by atoms with Crippen LogP contribution in [0.2, 0.25) is 0 Å². The van der Waals surface area contributed by atoms with Crippen molar-refractivity contribution in [3.63, 3.8) is 0 Å². The standard InChI is InChI=1S/C18H13NO8/c1-25-16(22)7-4-8-9(5-7)14(20)15(21)13-12(8)10(17(23)26-2)6-11(19-13)18(24)27-3/h5-6H,4H2,1-3H3. The maximum absolute atomic E-state index is 12.5. The molecular weight excluding hydrogens is 358 g/mol. The Hall–Kier alpha value is -3.62. The molecule has 0 radical (unpaired) electrons. The van der Waals surface area contributed by atoms with Crippen LogP contribution < -0.4 is 0 Å². The fourth-order valence-corrected chi connectivity index (χ4v) is 3.01. The number of carbonyl (C=O) groups excluding carboxylic acids is 5. The van der Waals surface area contributed by atoms with Gasteiger partial charge in [-0.2, -0.15) is 0 Å². The van der Waals surface area contributed by atoms with Crippen LogP contribution in [0, 0.1) is 0 Å². The predicted octanol–water partition coefficient (Wildman–Crippen LogP) is 0.677. The molecule has 0 spiro atoms. The van der Waals surface area contributed by atoms with Gasteiger partial charge in [0.05, 0.1) is 26.9 Å². The minimum absolute atomic E-state index is 0.00864. The van der Waals surface area contributed by atoms with Gasteiger partial charge in [0.1, 0.15) is 11.4 Å². The Morgan fingerprint density at radius 3 is 2.15 bits per heavy atom. The van der Waals surface area contributed by atoms with Crippen LogP contribution in [0.15, 0.2) is 23.3 Å². The molecule has 0 saturated heterocycles. The number of pyridine rings is 1. The number of hydrogen-bond donors (Lipinski definition) is 0. The molecule has 1 heterocycles. The Balaban J connectivity index is 2.27. The highest BCUT2D eigenvalue weighted by Gasteiger charge is 2.40. The first-order valence-electron chi connectivity index (χ1n) is 7.67. The summed E-state index contributed by atoms with van der Waals surface area (Å²) in [4.78, 5) is 64.8. The van der Waals surface area contributed by atoms with Crippen LogP contribution in [0.25, 0.3) is 5.57 Å². The molecule has 0 aromatic carbocycles. The maximum Gasteiger partial charge on any atom is 0.356 e. The molecule has 2 aliphatic carbocycles. The van der Waals surface area contributed by atoms with Gasteiger partial charge in [0.15, 0.2) is 0 Å². The third-order valence-corrected chi connectivity index (χ3v) is 4.25. The molecule has 0 saturated carbocycles. The number of rotatable bonds is 3. The van der Waals surface area contributed by atoms with Gasteiger partial charge in [-0.1, -0.05) is 0 Å². The monoisotopic (exact) mass is 371 g/mol. The molecule has 9 nitrogen and oxygen atoms in total. The van der Waals surface area contributed by atoms with Crippen LogP contribution in [-0.2, 0) is 23.8 Å². The lowest BCUT2D eigenvalue weighted by atomic mass is 9.85. The van der Waals surface area contributed by atoms with E-state index in [9.17, 15) is 24.0 Å². The van der Waals surface area contributed by atoms with Crippen molar-refractivity contribution in [1.29, 1.82) is 0 Å². The molecule has 0 bridgehead atoms. The largest absolute Gasteiger partial charge is 0.466 e. The normalized spacial score (nSPS) is 15.0. The lowest BCUT2D eigenvalue weighted by molar-refractivity contribution is -0.136. The number of carbonyl (C=O) groups is 5. The Morgan fingerprint density at radius 1 is 0.926 bits per heavy atom. The van der Waals surface area contributed by atoms with E-state index in [1.54, 1.807) is 0 Å². The van der Waals surface area contributed by atoms with Gasteiger partial charge >= 0.3 is 17.9 Å². The first-order chi connectivity index (χ1) is 12.8. The average molecular weight is 371 g/mol. The quantitative estimate of drug-likeness (QED) is 0.428. The number of allylic oxidation sites excluding steroid dienone is 3. The molecule has 0 amide bonds. The minimum atomic E-state index is -0.998. The van der Waals surface area contributed by atoms with E-state index in [2.05, 4.69) is 14.5 Å². The first-order valence-corrected chi connectivity index (χ1v) is 7.67. The molecule has 0 fully saturated rings. The van der Waals surface area contributed by atoms with Crippen molar-refractivity contribution < 1.29 is 38.2 Å². The number of esters is 3. The molecular formula is C18H13NO8. The van der Waals surface area contributed by atoms with E-state index in [0.29, 0.717) is 0 Å². The number of Topliss-reactive ketones (excluding diaryl/α,β-unsaturated/α-hetero) is 2. The summed E-state index contributed by atoms with van der Waals surface area (Å²) in [5.41, 5.74) is -0.322. The molecule has 3 rings (SSSR count). The van der Waals surface area contributed by atoms with Crippen molar-refractivity contribution in [1.82, 2.24) is 4.98 Å². The second kappa shape index (κ2) is 6.60. The van der Waals surface area contributed by atoms with Crippen LogP contribution in [0.5, 0.6) is 0 Å². The highest BCUT2D eigenvalue weighted by atomic mass is 16.5. The fraction of sp³-hybridized carbons (Fsp3) is 0.222. The van der Waals surface area contributed by atoms with Crippen LogP contribution in [-0.4, -0.2) is 55.8 Å². The van der Waals surface area contributed by atoms with Gasteiger partial charge in [-0.05, 0) is 17.7 Å². The number of nitrogens with zero attached hydrogens (tertiary/aromatic N) is 1. The molecule has 27 heavy (non-hydrogen) atoms. The van der Waals surface area contributed by atoms with Gasteiger partial charge in [-0.15, -0.1) is 0 Å². The van der Waals surface area contributed by atoms with Crippen molar-refractivity contribution in [3.8, 4) is 0 Å². The summed E-state index contributed by atoms with van der Waals surface area (Å²) in [6.45, 7) is 0. The summed E-state index contributed by atoms with van der Waals surface area (Å²) in [5.74, 6) is -4.27. The second-order valence-electron chi connectivity index (χ2n) is 5.65. The summed E-state index contributed by atoms with van der Waals surface area (Å²) in [7, 11) is 3.43. The van der Waals surface area contributed by atoms with Crippen molar-refractivity contribution in [2.75, 3.05) is 21.3 Å². The summed E-state index contributed by atoms with van der Waals surface area (Å²) in [5, 5.41) is 0. The van der Waals surface area contributed by atoms with E-state index in [-0.39, 0.29) is 45.7 Å². The zero-order valence-corrected chi connectivity index (χ0v) is 14.6. The lowest BCUT2D eigenvalue weighted by Crippen LogP contribution is -2.27. The molecule has 0 aliphatic heterocycles. The van der Waals surface area contributed by atoms with E-state index in [1.807, 2.05) is 0 Å². The summed E-state index contributed by atoms with van der Waals surface area (Å²) >= 11 is 0. The van der Waals surface area contributed by atoms with Gasteiger partial charge in [0.2, 0.25) is 5.78 Å². The van der Waals surface area contributed by atoms with Gasteiger partial charge in [-0.3, -0.25) is 9.59 Å². The molecule has 0 atom stereocenters. The van der Waals surface area contributed by atoms with Crippen LogP contribution in [0.1, 0.15) is 43.3 Å². The smallest absolute Gasteiger partial charge is 0.356 e. The zero-order valence-electron chi connectivity index (χ0n) is 14.6. The van der Waals surface area contributed by atoms with Crippen molar-refractivity contribution in [2.45, 2.75) is 6.42 Å². The van der Waals surface area contributed by atoms with Crippen molar-refractivity contribution in [2.24, 2.45) is 0 Å². The Bertz CT molecular complexity index is 999. The molecule has 0 N–H and O–H groups in total. The van der Waals surface area contributed by atoms with Gasteiger partial charge in [-0.25, -0.2) is 19.4 Å². The fourth-order valence-electron chi connectivity index (χ4n) is 3.01. The molecule has 2 aliphatic rings. The van der Waals surface area contributed by atoms with E-state index in [0.717, 1.165) is 20.3 Å². The number of ketones is 2. The summed E-state index contributed by atoms with van der Waals surface area (Å²) in [6.07, 6.45) is 1.23. The van der Waals surface area contributed by atoms with Gasteiger partial charge in [0.25, 0.3) is 5.78 Å². The van der Waals surface area contributed by atoms with E-state index >= 15 is 0 Å². The summed E-state index contributed by atoms with van der Waals surface area (Å²) in [6, 6.07) is 1.13. The van der Waals surface area contributed by atoms with Crippen LogP contribution in [0.4, 0.5) is 0 Å². The van der Waals surface area contributed by atoms with Crippen molar-refractivity contribution >= 4 is 35.0 Å². The lowest BCUT2D eigenvalue weighted by Gasteiger charge is -2.19. The predicted molar refractivity (Wildman–Crippen MR) is 87.9 cm³/mol. The number of aromatic nitrogens is 1. The molecule has 138 valence electrons. The van der Waals surface area contributed by atoms with Gasteiger partial charge < -0.3 is 14.2 Å². The first kappa shape index (κ1) is 18.2. The number of fused-ring (bicyclic) bond motifs is 2. The highest BCUT2D eigenvalue weighted by molar-refractivity contribution is 6.53. The Labute approximate surface area is 152 Å². The highest BCUT2D eigenvalue weighted by Crippen LogP contribution is 2.41. The third kappa shape index (κ3) is 2.73. The second-order valence-corrected chi connectivity index (χ2v) is 5.65. The van der Waals surface area contributed by atoms with Gasteiger partial charge in [0, 0.05) is 23.1 Å². The maximum atomic E-state index is 12.5. The van der Waals surface area contributed by atoms with Crippen LogP contribution >= 0.6 is 0 Å². The van der Waals surface area contributed by atoms with Crippen molar-refractivity contribution in [3.05, 3.63) is 45.8 Å². The molecule has 9 heteroatoms. The SMILES string of the molecule is COC(=O)C1=CC2=C(C1)c1c(C(=O)OC)cc(C(=O)OC)nc1C(=O)C2=O. The van der Waals surface area contributed by atoms with E-state index in [4.69, 9.17) is 4.74 Å². The molecule has 0 unspecified atom stereocenters. The topological polar surface area (TPSA) is 126 Å². The Kier molecular flexibility index (Phi) is 4.44. The minimum Gasteiger partial charge on any atom is -0.466 e. The number of hydrogen-bond acceptors (Lipinski definition) is 9. The zero-order chi connectivity index (χ0) is 19.9. The molecule has 1 aromatic rings. The number of methoxy groups -OCH3 is 3. The van der Waals surface area contributed by atoms with E-state index < -0.39 is 29.5 Å². The number of ether oxygens (including phenoxy) is 3.